The second-order valence-corrected chi connectivity index (χ2v) is 6.66. The molecular formula is C12H21NOS2. The number of hydrogen-bond acceptors (Lipinski definition) is 4. The Labute approximate surface area is 107 Å². The number of nitrogens with one attached hydrogen (secondary N) is 1. The normalized spacial score (nSPS) is 27.3. The lowest BCUT2D eigenvalue weighted by Crippen LogP contribution is -2.43. The minimum atomic E-state index is 0.445. The highest BCUT2D eigenvalue weighted by atomic mass is 32.2. The third-order valence-electron chi connectivity index (χ3n) is 2.87. The van der Waals surface area contributed by atoms with Gasteiger partial charge in [0, 0.05) is 28.9 Å². The lowest BCUT2D eigenvalue weighted by molar-refractivity contribution is 0.215. The summed E-state index contributed by atoms with van der Waals surface area (Å²) in [5.74, 6) is 5.05. The maximum atomic E-state index is 5.74. The Bertz CT molecular complexity index is 239. The van der Waals surface area contributed by atoms with E-state index in [-0.39, 0.29) is 0 Å². The Morgan fingerprint density at radius 2 is 2.50 bits per heavy atom. The number of rotatable bonds is 5. The molecule has 2 atom stereocenters. The van der Waals surface area contributed by atoms with Gasteiger partial charge in [0.25, 0.3) is 0 Å². The van der Waals surface area contributed by atoms with Crippen LogP contribution in [0, 0.1) is 0 Å². The van der Waals surface area contributed by atoms with Crippen LogP contribution < -0.4 is 5.32 Å². The molecular weight excluding hydrogens is 238 g/mol. The molecule has 2 heterocycles. The van der Waals surface area contributed by atoms with Crippen LogP contribution in [0.15, 0.2) is 11.8 Å². The van der Waals surface area contributed by atoms with Gasteiger partial charge in [0.1, 0.15) is 5.76 Å². The van der Waals surface area contributed by atoms with Crippen LogP contribution in [0.4, 0.5) is 0 Å². The number of thioether (sulfide) groups is 2. The zero-order valence-corrected chi connectivity index (χ0v) is 11.5. The average molecular weight is 259 g/mol. The monoisotopic (exact) mass is 259 g/mol. The van der Waals surface area contributed by atoms with Gasteiger partial charge in [0.2, 0.25) is 0 Å². The number of ether oxygens (including phenoxy) is 1. The van der Waals surface area contributed by atoms with Gasteiger partial charge in [-0.1, -0.05) is 6.92 Å². The second-order valence-electron chi connectivity index (χ2n) is 4.16. The van der Waals surface area contributed by atoms with Crippen molar-refractivity contribution in [2.24, 2.45) is 0 Å². The van der Waals surface area contributed by atoms with E-state index in [2.05, 4.69) is 41.8 Å². The first-order valence-electron chi connectivity index (χ1n) is 6.17. The average Bonchev–Trinajstić information content (AvgIpc) is 2.85. The molecule has 1 fully saturated rings. The Balaban J connectivity index is 1.94. The highest BCUT2D eigenvalue weighted by Gasteiger charge is 2.29. The van der Waals surface area contributed by atoms with Crippen molar-refractivity contribution in [2.75, 3.05) is 30.4 Å². The largest absolute Gasteiger partial charge is 0.496 e. The molecule has 4 heteroatoms. The van der Waals surface area contributed by atoms with Gasteiger partial charge in [-0.05, 0) is 19.0 Å². The predicted molar refractivity (Wildman–Crippen MR) is 74.3 cm³/mol. The van der Waals surface area contributed by atoms with Crippen LogP contribution in [0.25, 0.3) is 0 Å². The minimum absolute atomic E-state index is 0.445. The van der Waals surface area contributed by atoms with E-state index in [4.69, 9.17) is 4.74 Å². The van der Waals surface area contributed by atoms with Gasteiger partial charge in [-0.25, -0.2) is 0 Å². The van der Waals surface area contributed by atoms with Crippen molar-refractivity contribution in [2.45, 2.75) is 31.1 Å². The van der Waals surface area contributed by atoms with Crippen LogP contribution in [0.1, 0.15) is 19.8 Å². The van der Waals surface area contributed by atoms with Crippen LogP contribution in [0.5, 0.6) is 0 Å². The first kappa shape index (κ1) is 12.7. The molecule has 2 nitrogen and oxygen atoms in total. The number of hydrogen-bond donors (Lipinski definition) is 1. The third-order valence-corrected chi connectivity index (χ3v) is 5.73. The van der Waals surface area contributed by atoms with E-state index in [1.54, 1.807) is 0 Å². The molecule has 2 rings (SSSR count). The zero-order valence-electron chi connectivity index (χ0n) is 9.91. The standard InChI is InChI=1S/C12H21NOS2/c1-2-5-13-12(10-4-3-6-14-10)11-9-15-7-8-16-11/h4,11-13H,2-3,5-9H2,1H3. The zero-order chi connectivity index (χ0) is 11.2. The molecule has 0 spiro atoms. The molecule has 1 N–H and O–H groups in total. The molecule has 2 unspecified atom stereocenters. The molecule has 1 saturated heterocycles. The fourth-order valence-electron chi connectivity index (χ4n) is 2.07. The molecule has 16 heavy (non-hydrogen) atoms. The molecule has 0 radical (unpaired) electrons. The van der Waals surface area contributed by atoms with Gasteiger partial charge in [0.05, 0.1) is 12.6 Å². The van der Waals surface area contributed by atoms with Crippen LogP contribution in [0.3, 0.4) is 0 Å². The van der Waals surface area contributed by atoms with Crippen LogP contribution in [-0.4, -0.2) is 41.7 Å². The fourth-order valence-corrected chi connectivity index (χ4v) is 4.91. The molecule has 0 aliphatic carbocycles. The Kier molecular flexibility index (Phi) is 5.39. The molecule has 0 aromatic carbocycles. The van der Waals surface area contributed by atoms with Crippen LogP contribution in [0.2, 0.25) is 0 Å². The van der Waals surface area contributed by atoms with Gasteiger partial charge >= 0.3 is 0 Å². The highest BCUT2D eigenvalue weighted by Crippen LogP contribution is 2.30. The summed E-state index contributed by atoms with van der Waals surface area (Å²) in [4.78, 5) is 0. The fraction of sp³-hybridized carbons (Fsp3) is 0.833. The Morgan fingerprint density at radius 3 is 3.12 bits per heavy atom. The van der Waals surface area contributed by atoms with E-state index in [1.807, 2.05) is 0 Å². The molecule has 0 bridgehead atoms. The van der Waals surface area contributed by atoms with Gasteiger partial charge in [-0.2, -0.15) is 23.5 Å². The molecule has 92 valence electrons. The molecule has 2 aliphatic rings. The topological polar surface area (TPSA) is 21.3 Å². The van der Waals surface area contributed by atoms with Gasteiger partial charge in [-0.3, -0.25) is 0 Å². The van der Waals surface area contributed by atoms with E-state index >= 15 is 0 Å². The maximum absolute atomic E-state index is 5.74. The molecule has 0 amide bonds. The summed E-state index contributed by atoms with van der Waals surface area (Å²) >= 11 is 4.18. The van der Waals surface area contributed by atoms with Crippen molar-refractivity contribution in [3.63, 3.8) is 0 Å². The summed E-state index contributed by atoms with van der Waals surface area (Å²) in [6.45, 7) is 4.19. The van der Waals surface area contributed by atoms with E-state index in [9.17, 15) is 0 Å². The quantitative estimate of drug-likeness (QED) is 0.818. The molecule has 0 aromatic rings. The van der Waals surface area contributed by atoms with E-state index < -0.39 is 0 Å². The lowest BCUT2D eigenvalue weighted by atomic mass is 10.1. The third kappa shape index (κ3) is 3.34. The molecule has 2 aliphatic heterocycles. The van der Waals surface area contributed by atoms with Crippen molar-refractivity contribution in [3.8, 4) is 0 Å². The van der Waals surface area contributed by atoms with E-state index in [0.29, 0.717) is 11.3 Å². The summed E-state index contributed by atoms with van der Waals surface area (Å²) in [7, 11) is 0. The lowest BCUT2D eigenvalue weighted by Gasteiger charge is -2.30. The SMILES string of the molecule is CCCNC(C1=CCCO1)C1CSCCS1. The smallest absolute Gasteiger partial charge is 0.110 e. The van der Waals surface area contributed by atoms with Gasteiger partial charge < -0.3 is 10.1 Å². The van der Waals surface area contributed by atoms with Gasteiger partial charge in [-0.15, -0.1) is 0 Å². The summed E-state index contributed by atoms with van der Waals surface area (Å²) in [5, 5.41) is 4.34. The Morgan fingerprint density at radius 1 is 1.56 bits per heavy atom. The summed E-state index contributed by atoms with van der Waals surface area (Å²) in [6, 6.07) is 0.445. The summed E-state index contributed by atoms with van der Waals surface area (Å²) in [6.07, 6.45) is 4.55. The highest BCUT2D eigenvalue weighted by molar-refractivity contribution is 8.06. The summed E-state index contributed by atoms with van der Waals surface area (Å²) < 4.78 is 5.74. The first-order valence-corrected chi connectivity index (χ1v) is 8.37. The maximum Gasteiger partial charge on any atom is 0.110 e. The van der Waals surface area contributed by atoms with Crippen molar-refractivity contribution in [3.05, 3.63) is 11.8 Å². The van der Waals surface area contributed by atoms with Crippen molar-refractivity contribution >= 4 is 23.5 Å². The van der Waals surface area contributed by atoms with Crippen LogP contribution in [-0.2, 0) is 4.74 Å². The van der Waals surface area contributed by atoms with Crippen molar-refractivity contribution in [1.29, 1.82) is 0 Å². The second kappa shape index (κ2) is 6.82. The van der Waals surface area contributed by atoms with Crippen molar-refractivity contribution < 1.29 is 4.74 Å². The van der Waals surface area contributed by atoms with Crippen molar-refractivity contribution in [1.82, 2.24) is 5.32 Å². The van der Waals surface area contributed by atoms with E-state index in [0.717, 1.165) is 19.6 Å². The Hall–Kier alpha value is 0.200. The predicted octanol–water partition coefficient (Wildman–Crippen LogP) is 2.51. The summed E-state index contributed by atoms with van der Waals surface area (Å²) in [5.41, 5.74) is 0. The minimum Gasteiger partial charge on any atom is -0.496 e. The van der Waals surface area contributed by atoms with Crippen LogP contribution >= 0.6 is 23.5 Å². The molecule has 0 aromatic heterocycles. The van der Waals surface area contributed by atoms with Gasteiger partial charge in [0.15, 0.2) is 0 Å². The molecule has 0 saturated carbocycles. The first-order chi connectivity index (χ1) is 7.92. The van der Waals surface area contributed by atoms with E-state index in [1.165, 1.54) is 29.4 Å².